The van der Waals surface area contributed by atoms with Gasteiger partial charge in [-0.05, 0) is 18.9 Å². The Morgan fingerprint density at radius 3 is 2.57 bits per heavy atom. The molecule has 1 saturated heterocycles. The highest BCUT2D eigenvalue weighted by molar-refractivity contribution is 9.10. The summed E-state index contributed by atoms with van der Waals surface area (Å²) in [4.78, 5) is 24.6. The Balaban J connectivity index is 2.55. The van der Waals surface area contributed by atoms with Gasteiger partial charge in [-0.25, -0.2) is 13.2 Å². The van der Waals surface area contributed by atoms with E-state index >= 15 is 0 Å². The van der Waals surface area contributed by atoms with Crippen LogP contribution in [0.25, 0.3) is 0 Å². The summed E-state index contributed by atoms with van der Waals surface area (Å²) in [7, 11) is 0. The molecule has 23 heavy (non-hydrogen) atoms. The summed E-state index contributed by atoms with van der Waals surface area (Å²) in [6.45, 7) is 2.69. The molecule has 0 radical (unpaired) electrons. The van der Waals surface area contributed by atoms with Crippen LogP contribution in [0.1, 0.15) is 38.3 Å². The quantitative estimate of drug-likeness (QED) is 0.629. The lowest BCUT2D eigenvalue weighted by Crippen LogP contribution is -2.49. The molecule has 1 aliphatic rings. The maximum absolute atomic E-state index is 14.2. The first-order chi connectivity index (χ1) is 10.6. The molecule has 1 atom stereocenters. The van der Waals surface area contributed by atoms with E-state index in [9.17, 15) is 22.8 Å². The Morgan fingerprint density at radius 2 is 2.00 bits per heavy atom. The first-order valence-corrected chi connectivity index (χ1v) is 7.71. The van der Waals surface area contributed by atoms with Crippen LogP contribution in [-0.2, 0) is 9.59 Å². The molecule has 0 bridgehead atoms. The maximum atomic E-state index is 14.2. The third-order valence-electron chi connectivity index (χ3n) is 4.05. The van der Waals surface area contributed by atoms with Crippen molar-refractivity contribution in [3.63, 3.8) is 0 Å². The smallest absolute Gasteiger partial charge is 0.323 e. The zero-order chi connectivity index (χ0) is 17.5. The number of carboxylic acids is 1. The van der Waals surface area contributed by atoms with E-state index in [0.29, 0.717) is 6.42 Å². The standard InChI is InChI=1S/C15H15BrF3NO3/c1-15(2)4-3-9(20(14(15)23)6-10(21)22)11-7(16)5-8(17)12(18)13(11)19/h5,9H,3-4,6H2,1-2H3,(H,21,22). The number of hydrogen-bond acceptors (Lipinski definition) is 2. The van der Waals surface area contributed by atoms with Gasteiger partial charge in [0, 0.05) is 15.5 Å². The number of carboxylic acid groups (broad SMARTS) is 1. The number of halogens is 4. The molecule has 1 heterocycles. The lowest BCUT2D eigenvalue weighted by Gasteiger charge is -2.42. The number of nitrogens with zero attached hydrogens (tertiary/aromatic N) is 1. The number of aliphatic carboxylic acids is 1. The van der Waals surface area contributed by atoms with E-state index in [4.69, 9.17) is 5.11 Å². The predicted molar refractivity (Wildman–Crippen MR) is 79.1 cm³/mol. The molecule has 8 heteroatoms. The molecule has 1 aliphatic heterocycles. The number of carbonyl (C=O) groups is 2. The van der Waals surface area contributed by atoms with Gasteiger partial charge in [-0.3, -0.25) is 9.59 Å². The molecular weight excluding hydrogens is 379 g/mol. The summed E-state index contributed by atoms with van der Waals surface area (Å²) in [5.41, 5.74) is -1.04. The van der Waals surface area contributed by atoms with Crippen molar-refractivity contribution in [1.82, 2.24) is 4.90 Å². The molecule has 2 rings (SSSR count). The molecule has 0 aliphatic carbocycles. The molecule has 1 fully saturated rings. The summed E-state index contributed by atoms with van der Waals surface area (Å²) in [6, 6.07) is -0.201. The summed E-state index contributed by atoms with van der Waals surface area (Å²) < 4.78 is 41.0. The minimum Gasteiger partial charge on any atom is -0.480 e. The Morgan fingerprint density at radius 1 is 1.39 bits per heavy atom. The van der Waals surface area contributed by atoms with Crippen LogP contribution in [0.5, 0.6) is 0 Å². The molecule has 126 valence electrons. The molecule has 0 aromatic heterocycles. The maximum Gasteiger partial charge on any atom is 0.323 e. The first kappa shape index (κ1) is 17.8. The van der Waals surface area contributed by atoms with Crippen molar-refractivity contribution in [2.75, 3.05) is 6.54 Å². The Bertz CT molecular complexity index is 678. The number of likely N-dealkylation sites (tertiary alicyclic amines) is 1. The van der Waals surface area contributed by atoms with Crippen molar-refractivity contribution in [3.05, 3.63) is 33.6 Å². The van der Waals surface area contributed by atoms with Crippen molar-refractivity contribution in [3.8, 4) is 0 Å². The summed E-state index contributed by atoms with van der Waals surface area (Å²) in [5, 5.41) is 9.02. The van der Waals surface area contributed by atoms with Crippen LogP contribution in [0.4, 0.5) is 13.2 Å². The van der Waals surface area contributed by atoms with Gasteiger partial charge >= 0.3 is 5.97 Å². The third kappa shape index (κ3) is 3.22. The zero-order valence-corrected chi connectivity index (χ0v) is 14.1. The van der Waals surface area contributed by atoms with Crippen molar-refractivity contribution in [2.24, 2.45) is 5.41 Å². The number of benzene rings is 1. The van der Waals surface area contributed by atoms with E-state index in [2.05, 4.69) is 15.9 Å². The van der Waals surface area contributed by atoms with Crippen LogP contribution in [0, 0.1) is 22.9 Å². The van der Waals surface area contributed by atoms with Crippen molar-refractivity contribution < 1.29 is 27.9 Å². The van der Waals surface area contributed by atoms with Gasteiger partial charge in [0.15, 0.2) is 17.5 Å². The predicted octanol–water partition coefficient (Wildman–Crippen LogP) is 3.64. The van der Waals surface area contributed by atoms with Crippen LogP contribution in [0.3, 0.4) is 0 Å². The average molecular weight is 394 g/mol. The number of amides is 1. The van der Waals surface area contributed by atoms with E-state index in [1.54, 1.807) is 13.8 Å². The average Bonchev–Trinajstić information content (AvgIpc) is 2.43. The molecular formula is C15H15BrF3NO3. The molecule has 1 unspecified atom stereocenters. The highest BCUT2D eigenvalue weighted by atomic mass is 79.9. The molecule has 0 spiro atoms. The normalized spacial score (nSPS) is 20.7. The fourth-order valence-corrected chi connectivity index (χ4v) is 3.44. The fraction of sp³-hybridized carbons (Fsp3) is 0.467. The number of rotatable bonds is 3. The van der Waals surface area contributed by atoms with Crippen molar-refractivity contribution in [2.45, 2.75) is 32.7 Å². The van der Waals surface area contributed by atoms with Gasteiger partial charge in [0.05, 0.1) is 6.04 Å². The third-order valence-corrected chi connectivity index (χ3v) is 4.70. The van der Waals surface area contributed by atoms with E-state index in [0.717, 1.165) is 11.0 Å². The first-order valence-electron chi connectivity index (χ1n) is 6.92. The summed E-state index contributed by atoms with van der Waals surface area (Å²) >= 11 is 2.98. The zero-order valence-electron chi connectivity index (χ0n) is 12.5. The number of piperidine rings is 1. The fourth-order valence-electron chi connectivity index (χ4n) is 2.80. The molecule has 1 amide bonds. The molecule has 0 saturated carbocycles. The van der Waals surface area contributed by atoms with E-state index in [1.807, 2.05) is 0 Å². The van der Waals surface area contributed by atoms with Crippen molar-refractivity contribution in [1.29, 1.82) is 0 Å². The lowest BCUT2D eigenvalue weighted by atomic mass is 9.78. The topological polar surface area (TPSA) is 57.6 Å². The van der Waals surface area contributed by atoms with Gasteiger partial charge in [-0.1, -0.05) is 29.8 Å². The van der Waals surface area contributed by atoms with Crippen LogP contribution in [0.15, 0.2) is 10.5 Å². The van der Waals surface area contributed by atoms with Crippen molar-refractivity contribution >= 4 is 27.8 Å². The van der Waals surface area contributed by atoms with Gasteiger partial charge in [-0.2, -0.15) is 0 Å². The van der Waals surface area contributed by atoms with Crippen LogP contribution in [-0.4, -0.2) is 28.4 Å². The second-order valence-corrected chi connectivity index (χ2v) is 7.00. The minimum absolute atomic E-state index is 0.0400. The Hall–Kier alpha value is -1.57. The molecule has 1 aromatic carbocycles. The Labute approximate surface area is 139 Å². The monoisotopic (exact) mass is 393 g/mol. The van der Waals surface area contributed by atoms with Gasteiger partial charge in [-0.15, -0.1) is 0 Å². The summed E-state index contributed by atoms with van der Waals surface area (Å²) in [6.07, 6.45) is 0.615. The second kappa shape index (κ2) is 6.14. The highest BCUT2D eigenvalue weighted by Gasteiger charge is 2.43. The highest BCUT2D eigenvalue weighted by Crippen LogP contribution is 2.43. The second-order valence-electron chi connectivity index (χ2n) is 6.15. The minimum atomic E-state index is -1.64. The van der Waals surface area contributed by atoms with Crippen LogP contribution in [0.2, 0.25) is 0 Å². The lowest BCUT2D eigenvalue weighted by molar-refractivity contribution is -0.155. The van der Waals surface area contributed by atoms with Gasteiger partial charge < -0.3 is 10.0 Å². The van der Waals surface area contributed by atoms with E-state index < -0.39 is 47.3 Å². The molecule has 1 aromatic rings. The van der Waals surface area contributed by atoms with Gasteiger partial charge in [0.25, 0.3) is 0 Å². The van der Waals surface area contributed by atoms with Crippen LogP contribution >= 0.6 is 15.9 Å². The number of carbonyl (C=O) groups excluding carboxylic acids is 1. The largest absolute Gasteiger partial charge is 0.480 e. The molecule has 1 N–H and O–H groups in total. The van der Waals surface area contributed by atoms with E-state index in [1.165, 1.54) is 0 Å². The summed E-state index contributed by atoms with van der Waals surface area (Å²) in [5.74, 6) is -6.14. The molecule has 4 nitrogen and oxygen atoms in total. The van der Waals surface area contributed by atoms with Gasteiger partial charge in [0.2, 0.25) is 5.91 Å². The Kier molecular flexibility index (Phi) is 4.75. The van der Waals surface area contributed by atoms with Gasteiger partial charge in [0.1, 0.15) is 6.54 Å². The van der Waals surface area contributed by atoms with E-state index in [-0.39, 0.29) is 16.5 Å². The number of hydrogen-bond donors (Lipinski definition) is 1. The van der Waals surface area contributed by atoms with Crippen LogP contribution < -0.4 is 0 Å². The SMILES string of the molecule is CC1(C)CCC(c2c(Br)cc(F)c(F)c2F)N(CC(=O)O)C1=O.